The molecule has 1 saturated heterocycles. The van der Waals surface area contributed by atoms with Crippen LogP contribution in [0.2, 0.25) is 0 Å². The Balaban J connectivity index is 1.31. The second kappa shape index (κ2) is 9.65. The van der Waals surface area contributed by atoms with Gasteiger partial charge >= 0.3 is 0 Å². The molecule has 2 unspecified atom stereocenters. The molecule has 2 aliphatic carbocycles. The predicted molar refractivity (Wildman–Crippen MR) is 136 cm³/mol. The number of aromatic amines is 1. The number of H-pyrrole nitrogens is 1. The molecule has 2 saturated carbocycles. The normalized spacial score (nSPS) is 25.3. The van der Waals surface area contributed by atoms with Crippen LogP contribution in [0.4, 0.5) is 14.6 Å². The molecule has 15 heteroatoms. The van der Waals surface area contributed by atoms with Gasteiger partial charge in [-0.3, -0.25) is 0 Å². The van der Waals surface area contributed by atoms with Gasteiger partial charge in [-0.1, -0.05) is 0 Å². The Morgan fingerprint density at radius 3 is 2.68 bits per heavy atom. The first kappa shape index (κ1) is 27.2. The molecule has 5 rings (SSSR count). The van der Waals surface area contributed by atoms with Crippen molar-refractivity contribution in [1.82, 2.24) is 23.6 Å². The summed E-state index contributed by atoms with van der Waals surface area (Å²) in [7, 11) is -6.62. The Morgan fingerprint density at radius 2 is 1.97 bits per heavy atom. The van der Waals surface area contributed by atoms with Crippen LogP contribution in [-0.2, 0) is 20.0 Å². The number of fused-ring (bicyclic) bond motifs is 1. The minimum atomic E-state index is -4.04. The van der Waals surface area contributed by atoms with E-state index in [9.17, 15) is 25.6 Å². The van der Waals surface area contributed by atoms with Crippen LogP contribution < -0.4 is 4.90 Å². The number of sulfone groups is 1. The van der Waals surface area contributed by atoms with Gasteiger partial charge in [0.05, 0.1) is 28.0 Å². The van der Waals surface area contributed by atoms with Crippen molar-refractivity contribution in [1.29, 1.82) is 5.26 Å². The van der Waals surface area contributed by atoms with E-state index >= 15 is 0 Å². The van der Waals surface area contributed by atoms with Crippen LogP contribution in [0.25, 0.3) is 11.0 Å². The molecule has 208 valence electrons. The van der Waals surface area contributed by atoms with Gasteiger partial charge in [0.25, 0.3) is 10.2 Å². The zero-order valence-electron chi connectivity index (χ0n) is 21.1. The highest BCUT2D eigenvalue weighted by atomic mass is 32.2. The number of hydrogen-bond acceptors (Lipinski definition) is 8. The summed E-state index contributed by atoms with van der Waals surface area (Å²) in [6.45, 7) is 0.712. The average molecular weight is 572 g/mol. The molecule has 11 nitrogen and oxygen atoms in total. The number of piperazine rings is 1. The van der Waals surface area contributed by atoms with Gasteiger partial charge in [0, 0.05) is 58.7 Å². The third-order valence-corrected chi connectivity index (χ3v) is 12.4. The maximum atomic E-state index is 14.4. The molecule has 0 radical (unpaired) electrons. The fourth-order valence-corrected chi connectivity index (χ4v) is 9.80. The summed E-state index contributed by atoms with van der Waals surface area (Å²) in [6, 6.07) is 3.74. The van der Waals surface area contributed by atoms with Crippen molar-refractivity contribution in [3.05, 3.63) is 18.6 Å². The number of unbranched alkanes of at least 4 members (excludes halogenated alkanes) is 1. The summed E-state index contributed by atoms with van der Waals surface area (Å²) in [6.07, 6.45) is 3.13. The molecule has 3 heterocycles. The van der Waals surface area contributed by atoms with Crippen molar-refractivity contribution in [2.24, 2.45) is 5.92 Å². The molecule has 0 aromatic carbocycles. The fourth-order valence-electron chi connectivity index (χ4n) is 5.92. The number of nitrogens with zero attached hydrogens (tertiary/aromatic N) is 6. The minimum Gasteiger partial charge on any atom is -0.353 e. The molecule has 1 N–H and O–H groups in total. The van der Waals surface area contributed by atoms with E-state index in [1.54, 1.807) is 6.20 Å². The molecular formula is C23H31F2N7O4S2. The maximum absolute atomic E-state index is 14.4. The topological polar surface area (TPSA) is 143 Å². The maximum Gasteiger partial charge on any atom is 0.282 e. The second-order valence-electron chi connectivity index (χ2n) is 10.6. The Bertz CT molecular complexity index is 1450. The van der Waals surface area contributed by atoms with E-state index in [1.807, 2.05) is 12.1 Å². The third kappa shape index (κ3) is 4.99. The number of nitrogens with one attached hydrogen (secondary N) is 1. The molecule has 0 amide bonds. The van der Waals surface area contributed by atoms with Crippen molar-refractivity contribution < 1.29 is 25.6 Å². The monoisotopic (exact) mass is 571 g/mol. The first-order valence-electron chi connectivity index (χ1n) is 12.6. The summed E-state index contributed by atoms with van der Waals surface area (Å²) in [5.74, 6) is -3.86. The van der Waals surface area contributed by atoms with Gasteiger partial charge in [-0.2, -0.15) is 22.3 Å². The molecule has 3 fully saturated rings. The first-order valence-corrected chi connectivity index (χ1v) is 15.7. The highest BCUT2D eigenvalue weighted by molar-refractivity contribution is 7.92. The SMILES string of the molecule is CN(CC1CC(F)(F)CC1S(=O)(=O)CCCC#N)S(=O)(=O)N1CCN(c2ncnc3[nH]ccc23)CC12CC2. The number of rotatable bonds is 9. The highest BCUT2D eigenvalue weighted by Gasteiger charge is 2.58. The van der Waals surface area contributed by atoms with E-state index in [2.05, 4.69) is 19.9 Å². The fraction of sp³-hybridized carbons (Fsp3) is 0.696. The Morgan fingerprint density at radius 1 is 1.21 bits per heavy atom. The zero-order valence-corrected chi connectivity index (χ0v) is 22.7. The van der Waals surface area contributed by atoms with Gasteiger partial charge in [-0.05, 0) is 31.2 Å². The van der Waals surface area contributed by atoms with Crippen molar-refractivity contribution in [3.8, 4) is 6.07 Å². The molecule has 2 aromatic rings. The van der Waals surface area contributed by atoms with E-state index in [0.29, 0.717) is 31.6 Å². The summed E-state index contributed by atoms with van der Waals surface area (Å²) in [4.78, 5) is 13.7. The molecule has 2 atom stereocenters. The lowest BCUT2D eigenvalue weighted by Crippen LogP contribution is -2.60. The van der Waals surface area contributed by atoms with Crippen LogP contribution in [0.3, 0.4) is 0 Å². The predicted octanol–water partition coefficient (Wildman–Crippen LogP) is 1.92. The summed E-state index contributed by atoms with van der Waals surface area (Å²) < 4.78 is 84.4. The average Bonchev–Trinajstić information content (AvgIpc) is 3.28. The standard InChI is InChI=1S/C23H31F2N7O4S2/c1-30(14-17-12-23(24,25)13-19(17)37(33,34)11-3-2-7-26)38(35,36)32-10-9-31(15-22(32)5-6-22)21-18-4-8-27-20(18)28-16-29-21/h4,8,16-17,19H,2-3,5-6,9-15H2,1H3,(H,27,28,29). The van der Waals surface area contributed by atoms with E-state index in [-0.39, 0.29) is 31.7 Å². The minimum absolute atomic E-state index is 0.0139. The van der Waals surface area contributed by atoms with Gasteiger partial charge in [0.2, 0.25) is 5.92 Å². The van der Waals surface area contributed by atoms with Crippen molar-refractivity contribution >= 4 is 36.9 Å². The van der Waals surface area contributed by atoms with Crippen LogP contribution in [0.1, 0.15) is 38.5 Å². The van der Waals surface area contributed by atoms with Crippen molar-refractivity contribution in [2.45, 2.75) is 55.2 Å². The Labute approximate surface area is 220 Å². The molecule has 0 bridgehead atoms. The van der Waals surface area contributed by atoms with Crippen LogP contribution in [0.15, 0.2) is 18.6 Å². The van der Waals surface area contributed by atoms with Gasteiger partial charge in [0.1, 0.15) is 17.8 Å². The van der Waals surface area contributed by atoms with E-state index in [0.717, 1.165) is 15.5 Å². The molecule has 1 spiro atoms. The van der Waals surface area contributed by atoms with Crippen LogP contribution in [0, 0.1) is 17.2 Å². The van der Waals surface area contributed by atoms with Crippen LogP contribution in [-0.4, -0.2) is 96.1 Å². The van der Waals surface area contributed by atoms with E-state index in [1.165, 1.54) is 17.7 Å². The number of nitriles is 1. The summed E-state index contributed by atoms with van der Waals surface area (Å²) in [5, 5.41) is 8.21. The lowest BCUT2D eigenvalue weighted by Gasteiger charge is -2.43. The van der Waals surface area contributed by atoms with Gasteiger partial charge in [-0.25, -0.2) is 27.2 Å². The van der Waals surface area contributed by atoms with Gasteiger partial charge in [-0.15, -0.1) is 0 Å². The summed E-state index contributed by atoms with van der Waals surface area (Å²) in [5.41, 5.74) is 0.0709. The van der Waals surface area contributed by atoms with Crippen molar-refractivity contribution in [2.75, 3.05) is 43.9 Å². The Hall–Kier alpha value is -2.41. The number of aromatic nitrogens is 3. The quantitative estimate of drug-likeness (QED) is 0.450. The molecule has 38 heavy (non-hydrogen) atoms. The molecule has 3 aliphatic rings. The lowest BCUT2D eigenvalue weighted by atomic mass is 10.1. The van der Waals surface area contributed by atoms with E-state index < -0.39 is 55.5 Å². The van der Waals surface area contributed by atoms with Crippen LogP contribution in [0.5, 0.6) is 0 Å². The number of hydrogen-bond donors (Lipinski definition) is 1. The smallest absolute Gasteiger partial charge is 0.282 e. The van der Waals surface area contributed by atoms with Crippen molar-refractivity contribution in [3.63, 3.8) is 0 Å². The largest absolute Gasteiger partial charge is 0.353 e. The lowest BCUT2D eigenvalue weighted by molar-refractivity contribution is 0.00456. The molecular weight excluding hydrogens is 540 g/mol. The summed E-state index contributed by atoms with van der Waals surface area (Å²) >= 11 is 0. The number of halogens is 2. The van der Waals surface area contributed by atoms with Gasteiger partial charge < -0.3 is 9.88 Å². The number of anilines is 1. The highest BCUT2D eigenvalue weighted by Crippen LogP contribution is 2.48. The third-order valence-electron chi connectivity index (χ3n) is 7.98. The molecule has 2 aromatic heterocycles. The first-order chi connectivity index (χ1) is 17.9. The van der Waals surface area contributed by atoms with Gasteiger partial charge in [0.15, 0.2) is 9.84 Å². The number of alkyl halides is 2. The Kier molecular flexibility index (Phi) is 6.90. The second-order valence-corrected chi connectivity index (χ2v) is 14.9. The van der Waals surface area contributed by atoms with Crippen LogP contribution >= 0.6 is 0 Å². The molecule has 1 aliphatic heterocycles. The zero-order chi connectivity index (χ0) is 27.3. The van der Waals surface area contributed by atoms with E-state index in [4.69, 9.17) is 5.26 Å².